The average molecular weight is 678 g/mol. The first-order chi connectivity index (χ1) is 23.6. The fraction of sp³-hybridized carbons (Fsp3) is 0.406. The third-order valence-electron chi connectivity index (χ3n) is 7.63. The normalized spacial score (nSPS) is 11.1. The minimum atomic E-state index is -0.680. The minimum absolute atomic E-state index is 0.168. The average Bonchev–Trinajstić information content (AvgIpc) is 3.90. The lowest BCUT2D eigenvalue weighted by Gasteiger charge is -2.22. The van der Waals surface area contributed by atoms with Gasteiger partial charge in [0.1, 0.15) is 41.3 Å². The molecule has 4 heterocycles. The van der Waals surface area contributed by atoms with Crippen LogP contribution in [0, 0.1) is 6.92 Å². The molecule has 0 bridgehead atoms. The second-order valence-corrected chi connectivity index (χ2v) is 11.2. The highest BCUT2D eigenvalue weighted by Crippen LogP contribution is 2.31. The molecule has 0 radical (unpaired) electrons. The van der Waals surface area contributed by atoms with E-state index in [0.29, 0.717) is 70.8 Å². The Morgan fingerprint density at radius 2 is 1.31 bits per heavy atom. The van der Waals surface area contributed by atoms with Crippen molar-refractivity contribution in [1.29, 1.82) is 0 Å². The Balaban J connectivity index is 1.29. The number of hydrogen-bond acceptors (Lipinski definition) is 11. The number of H-pyrrole nitrogens is 2. The van der Waals surface area contributed by atoms with Gasteiger partial charge in [0, 0.05) is 30.9 Å². The molecule has 0 aliphatic heterocycles. The molecule has 260 valence electrons. The third kappa shape index (κ3) is 8.17. The van der Waals surface area contributed by atoms with Gasteiger partial charge >= 0.3 is 12.2 Å². The molecule has 0 aliphatic carbocycles. The molecule has 49 heavy (non-hydrogen) atoms. The number of rotatable bonds is 14. The quantitative estimate of drug-likeness (QED) is 0.132. The second kappa shape index (κ2) is 15.4. The number of carbonyl (C=O) groups excluding carboxylic acids is 4. The summed E-state index contributed by atoms with van der Waals surface area (Å²) in [7, 11) is 2.48. The van der Waals surface area contributed by atoms with E-state index in [1.165, 1.54) is 14.2 Å². The molecule has 0 fully saturated rings. The molecule has 0 unspecified atom stereocenters. The molecule has 0 aliphatic rings. The highest BCUT2D eigenvalue weighted by atomic mass is 16.5. The van der Waals surface area contributed by atoms with Crippen LogP contribution < -0.4 is 10.6 Å². The number of oxazole rings is 2. The lowest BCUT2D eigenvalue weighted by molar-refractivity contribution is -0.131. The first kappa shape index (κ1) is 34.5. The van der Waals surface area contributed by atoms with E-state index in [9.17, 15) is 19.2 Å². The first-order valence-electron chi connectivity index (χ1n) is 15.8. The van der Waals surface area contributed by atoms with E-state index < -0.39 is 12.2 Å². The summed E-state index contributed by atoms with van der Waals surface area (Å²) in [5.41, 5.74) is 5.03. The maximum absolute atomic E-state index is 12.8. The highest BCUT2D eigenvalue weighted by molar-refractivity contribution is 5.91. The zero-order valence-electron chi connectivity index (χ0n) is 28.0. The number of amides is 4. The first-order valence-corrected chi connectivity index (χ1v) is 15.8. The van der Waals surface area contributed by atoms with Gasteiger partial charge < -0.3 is 48.7 Å². The van der Waals surface area contributed by atoms with Crippen LogP contribution in [-0.4, -0.2) is 99.1 Å². The van der Waals surface area contributed by atoms with Crippen molar-refractivity contribution in [3.63, 3.8) is 0 Å². The Hall–Kier alpha value is -5.87. The molecule has 4 amide bonds. The standard InChI is InChI=1S/C32H39N9O8/c1-6-8-40(27(42)14-34-31(44)46-4)16-23-18(3)10-21(36-23)29-38-19-11-25-20(12-24(19)48-29)39-30(49-25)22-13-33-26(37-22)17-41(9-7-2)28(43)15-35-32(45)47-5/h10-13,36H,6-9,14-17H2,1-5H3,(H,33,37)(H,34,44)(H,35,45). The molecule has 5 rings (SSSR count). The van der Waals surface area contributed by atoms with Gasteiger partial charge in [-0.3, -0.25) is 9.59 Å². The van der Waals surface area contributed by atoms with E-state index in [4.69, 9.17) is 8.83 Å². The summed E-state index contributed by atoms with van der Waals surface area (Å²) in [4.78, 5) is 71.6. The topological polar surface area (TPSA) is 214 Å². The maximum atomic E-state index is 12.8. The summed E-state index contributed by atoms with van der Waals surface area (Å²) in [5, 5.41) is 4.84. The van der Waals surface area contributed by atoms with E-state index in [1.807, 2.05) is 26.8 Å². The number of aromatic nitrogens is 5. The number of imidazole rings is 1. The van der Waals surface area contributed by atoms with Gasteiger partial charge in [0.15, 0.2) is 11.2 Å². The van der Waals surface area contributed by atoms with Crippen LogP contribution in [0.2, 0.25) is 0 Å². The third-order valence-corrected chi connectivity index (χ3v) is 7.63. The fourth-order valence-electron chi connectivity index (χ4n) is 5.17. The van der Waals surface area contributed by atoms with Gasteiger partial charge in [0.05, 0.1) is 33.5 Å². The number of aryl methyl sites for hydroxylation is 1. The number of aromatic amines is 2. The van der Waals surface area contributed by atoms with Crippen LogP contribution in [0.4, 0.5) is 9.59 Å². The van der Waals surface area contributed by atoms with Gasteiger partial charge in [-0.1, -0.05) is 13.8 Å². The van der Waals surface area contributed by atoms with Crippen molar-refractivity contribution in [3.8, 4) is 23.2 Å². The molecule has 0 spiro atoms. The zero-order valence-corrected chi connectivity index (χ0v) is 28.0. The number of nitrogens with one attached hydrogen (secondary N) is 4. The predicted molar refractivity (Wildman–Crippen MR) is 176 cm³/mol. The SMILES string of the molecule is CCCN(Cc1ncc(-c2nc3cc4oc(-c5cc(C)c(CN(CCC)C(=O)CNC(=O)OC)[nH]5)nc4cc3o2)[nH]1)C(=O)CNC(=O)OC. The fourth-order valence-corrected chi connectivity index (χ4v) is 5.17. The summed E-state index contributed by atoms with van der Waals surface area (Å²) < 4.78 is 21.2. The number of benzene rings is 1. The molecule has 5 aromatic rings. The summed E-state index contributed by atoms with van der Waals surface area (Å²) in [6.45, 7) is 7.01. The van der Waals surface area contributed by atoms with Gasteiger partial charge in [0.25, 0.3) is 0 Å². The van der Waals surface area contributed by atoms with Crippen LogP contribution in [0.25, 0.3) is 45.4 Å². The van der Waals surface area contributed by atoms with E-state index >= 15 is 0 Å². The number of hydrogen-bond donors (Lipinski definition) is 4. The van der Waals surface area contributed by atoms with Gasteiger partial charge in [-0.05, 0) is 31.4 Å². The number of nitrogens with zero attached hydrogens (tertiary/aromatic N) is 5. The van der Waals surface area contributed by atoms with Crippen LogP contribution in [0.1, 0.15) is 43.8 Å². The molecule has 17 nitrogen and oxygen atoms in total. The van der Waals surface area contributed by atoms with Crippen molar-refractivity contribution < 1.29 is 37.5 Å². The molecule has 4 aromatic heterocycles. The minimum Gasteiger partial charge on any atom is -0.453 e. The Morgan fingerprint density at radius 3 is 1.84 bits per heavy atom. The van der Waals surface area contributed by atoms with Crippen molar-refractivity contribution in [3.05, 3.63) is 41.5 Å². The number of carbonyl (C=O) groups is 4. The molecular formula is C32H39N9O8. The highest BCUT2D eigenvalue weighted by Gasteiger charge is 2.21. The Labute approximate surface area is 280 Å². The van der Waals surface area contributed by atoms with Crippen LogP contribution in [-0.2, 0) is 32.2 Å². The molecule has 0 saturated carbocycles. The van der Waals surface area contributed by atoms with Crippen molar-refractivity contribution in [2.75, 3.05) is 40.4 Å². The number of fused-ring (bicyclic) bond motifs is 2. The van der Waals surface area contributed by atoms with Gasteiger partial charge in [-0.25, -0.2) is 24.5 Å². The molecular weight excluding hydrogens is 638 g/mol. The Bertz CT molecular complexity index is 1900. The summed E-state index contributed by atoms with van der Waals surface area (Å²) >= 11 is 0. The van der Waals surface area contributed by atoms with Crippen LogP contribution >= 0.6 is 0 Å². The maximum Gasteiger partial charge on any atom is 0.407 e. The summed E-state index contributed by atoms with van der Waals surface area (Å²) in [6, 6.07) is 5.39. The number of ether oxygens (including phenoxy) is 2. The molecule has 4 N–H and O–H groups in total. The summed E-state index contributed by atoms with van der Waals surface area (Å²) in [5.74, 6) is 0.691. The zero-order chi connectivity index (χ0) is 35.1. The molecule has 0 saturated heterocycles. The smallest absolute Gasteiger partial charge is 0.407 e. The second-order valence-electron chi connectivity index (χ2n) is 11.2. The van der Waals surface area contributed by atoms with Crippen molar-refractivity contribution in [2.24, 2.45) is 0 Å². The Morgan fingerprint density at radius 1 is 0.776 bits per heavy atom. The number of alkyl carbamates (subject to hydrolysis) is 2. The van der Waals surface area contributed by atoms with E-state index in [0.717, 1.165) is 24.1 Å². The van der Waals surface area contributed by atoms with Crippen LogP contribution in [0.5, 0.6) is 0 Å². The van der Waals surface area contributed by atoms with Crippen LogP contribution in [0.15, 0.2) is 33.2 Å². The van der Waals surface area contributed by atoms with Gasteiger partial charge in [-0.2, -0.15) is 0 Å². The van der Waals surface area contributed by atoms with Crippen molar-refractivity contribution >= 4 is 46.2 Å². The predicted octanol–water partition coefficient (Wildman–Crippen LogP) is 3.85. The van der Waals surface area contributed by atoms with Crippen LogP contribution in [0.3, 0.4) is 0 Å². The van der Waals surface area contributed by atoms with E-state index in [1.54, 1.807) is 28.1 Å². The van der Waals surface area contributed by atoms with Gasteiger partial charge in [-0.15, -0.1) is 0 Å². The molecule has 17 heteroatoms. The van der Waals surface area contributed by atoms with E-state index in [-0.39, 0.29) is 31.4 Å². The lowest BCUT2D eigenvalue weighted by atomic mass is 10.2. The van der Waals surface area contributed by atoms with Crippen molar-refractivity contribution in [2.45, 2.75) is 46.7 Å². The summed E-state index contributed by atoms with van der Waals surface area (Å²) in [6.07, 6.45) is 1.70. The largest absolute Gasteiger partial charge is 0.453 e. The van der Waals surface area contributed by atoms with Crippen molar-refractivity contribution in [1.82, 2.24) is 45.4 Å². The monoisotopic (exact) mass is 677 g/mol. The molecule has 0 atom stereocenters. The van der Waals surface area contributed by atoms with Gasteiger partial charge in [0.2, 0.25) is 23.6 Å². The number of methoxy groups -OCH3 is 2. The lowest BCUT2D eigenvalue weighted by Crippen LogP contribution is -2.40. The molecule has 1 aromatic carbocycles. The Kier molecular flexibility index (Phi) is 10.8. The van der Waals surface area contributed by atoms with E-state index in [2.05, 4.69) is 45.0 Å².